The number of fused-ring (bicyclic) bond motifs is 2. The predicted molar refractivity (Wildman–Crippen MR) is 178 cm³/mol. The van der Waals surface area contributed by atoms with Crippen molar-refractivity contribution in [1.82, 2.24) is 25.9 Å². The standard InChI is InChI=1S/C35H36N6O7/c36-25(14-20-8-2-1-3-9-20)32(44)39-29(17-31(42)43)34(46)40-28(15-21-18-37-26-12-6-4-10-23(21)26)33(45)41-30(35(47)48)16-22-19-38-27-13-7-5-11-24(22)27/h1-13,18-19,25,28-30,37-38H,14-17,36H2,(H,39,44)(H,40,46)(H,41,45)(H,42,43)(H,47,48). The van der Waals surface area contributed by atoms with E-state index in [1.54, 1.807) is 36.7 Å². The van der Waals surface area contributed by atoms with Gasteiger partial charge in [0, 0.05) is 47.0 Å². The highest BCUT2D eigenvalue weighted by molar-refractivity contribution is 5.96. The molecular weight excluding hydrogens is 616 g/mol. The number of amides is 3. The van der Waals surface area contributed by atoms with E-state index in [-0.39, 0.29) is 19.3 Å². The molecule has 48 heavy (non-hydrogen) atoms. The topological polar surface area (TPSA) is 219 Å². The largest absolute Gasteiger partial charge is 0.481 e. The number of carboxylic acids is 2. The average molecular weight is 653 g/mol. The van der Waals surface area contributed by atoms with Gasteiger partial charge >= 0.3 is 11.9 Å². The normalized spacial score (nSPS) is 13.7. The highest BCUT2D eigenvalue weighted by Crippen LogP contribution is 2.21. The Balaban J connectivity index is 1.36. The van der Waals surface area contributed by atoms with Crippen LogP contribution in [-0.4, -0.2) is 74.0 Å². The van der Waals surface area contributed by atoms with Gasteiger partial charge in [-0.05, 0) is 35.2 Å². The van der Waals surface area contributed by atoms with Crippen LogP contribution in [0.2, 0.25) is 0 Å². The second-order valence-corrected chi connectivity index (χ2v) is 11.5. The van der Waals surface area contributed by atoms with Crippen LogP contribution >= 0.6 is 0 Å². The lowest BCUT2D eigenvalue weighted by atomic mass is 10.0. The Hall–Kier alpha value is -5.95. The second-order valence-electron chi connectivity index (χ2n) is 11.5. The van der Waals surface area contributed by atoms with Crippen molar-refractivity contribution in [2.45, 2.75) is 49.9 Å². The molecule has 4 atom stereocenters. The minimum Gasteiger partial charge on any atom is -0.481 e. The molecule has 0 bridgehead atoms. The molecule has 4 unspecified atom stereocenters. The summed E-state index contributed by atoms with van der Waals surface area (Å²) in [5.41, 5.74) is 9.76. The van der Waals surface area contributed by atoms with E-state index in [0.29, 0.717) is 11.1 Å². The van der Waals surface area contributed by atoms with Crippen molar-refractivity contribution in [3.05, 3.63) is 108 Å². The molecule has 0 radical (unpaired) electrons. The zero-order chi connectivity index (χ0) is 34.2. The first kappa shape index (κ1) is 33.4. The van der Waals surface area contributed by atoms with Crippen LogP contribution in [0.1, 0.15) is 23.1 Å². The summed E-state index contributed by atoms with van der Waals surface area (Å²) in [6, 6.07) is 18.3. The number of aliphatic carboxylic acids is 2. The number of carbonyl (C=O) groups is 5. The summed E-state index contributed by atoms with van der Waals surface area (Å²) >= 11 is 0. The van der Waals surface area contributed by atoms with Gasteiger partial charge in [0.2, 0.25) is 17.7 Å². The maximum atomic E-state index is 13.8. The average Bonchev–Trinajstić information content (AvgIpc) is 3.67. The van der Waals surface area contributed by atoms with Gasteiger partial charge in [0.05, 0.1) is 12.5 Å². The van der Waals surface area contributed by atoms with Crippen molar-refractivity contribution < 1.29 is 34.2 Å². The van der Waals surface area contributed by atoms with Gasteiger partial charge in [0.25, 0.3) is 0 Å². The summed E-state index contributed by atoms with van der Waals surface area (Å²) < 4.78 is 0. The third-order valence-electron chi connectivity index (χ3n) is 8.09. The van der Waals surface area contributed by atoms with Crippen LogP contribution < -0.4 is 21.7 Å². The van der Waals surface area contributed by atoms with Gasteiger partial charge in [-0.15, -0.1) is 0 Å². The zero-order valence-electron chi connectivity index (χ0n) is 25.8. The lowest BCUT2D eigenvalue weighted by Crippen LogP contribution is -2.58. The zero-order valence-corrected chi connectivity index (χ0v) is 25.8. The van der Waals surface area contributed by atoms with E-state index >= 15 is 0 Å². The summed E-state index contributed by atoms with van der Waals surface area (Å²) in [6.07, 6.45) is 2.61. The number of nitrogens with one attached hydrogen (secondary N) is 5. The highest BCUT2D eigenvalue weighted by Gasteiger charge is 2.32. The summed E-state index contributed by atoms with van der Waals surface area (Å²) in [6.45, 7) is 0. The molecule has 0 saturated carbocycles. The van der Waals surface area contributed by atoms with E-state index in [2.05, 4.69) is 25.9 Å². The van der Waals surface area contributed by atoms with Crippen LogP contribution in [0.3, 0.4) is 0 Å². The summed E-state index contributed by atoms with van der Waals surface area (Å²) in [5.74, 6) is -5.14. The molecule has 3 aromatic carbocycles. The van der Waals surface area contributed by atoms with E-state index in [9.17, 15) is 34.2 Å². The van der Waals surface area contributed by atoms with Gasteiger partial charge in [-0.1, -0.05) is 66.7 Å². The number of para-hydroxylation sites is 2. The highest BCUT2D eigenvalue weighted by atomic mass is 16.4. The van der Waals surface area contributed by atoms with E-state index in [1.165, 1.54) is 0 Å². The fourth-order valence-electron chi connectivity index (χ4n) is 5.62. The number of rotatable bonds is 15. The molecule has 0 fully saturated rings. The van der Waals surface area contributed by atoms with Gasteiger partial charge < -0.3 is 41.9 Å². The van der Waals surface area contributed by atoms with Crippen LogP contribution in [-0.2, 0) is 43.2 Å². The fraction of sp³-hybridized carbons (Fsp3) is 0.229. The van der Waals surface area contributed by atoms with E-state index in [1.807, 2.05) is 54.6 Å². The molecule has 13 heteroatoms. The Bertz CT molecular complexity index is 1940. The first-order valence-corrected chi connectivity index (χ1v) is 15.3. The number of nitrogens with two attached hydrogens (primary N) is 1. The number of aromatic nitrogens is 2. The van der Waals surface area contributed by atoms with Gasteiger partial charge in [0.15, 0.2) is 0 Å². The number of aromatic amines is 2. The monoisotopic (exact) mass is 652 g/mol. The molecule has 0 saturated heterocycles. The maximum Gasteiger partial charge on any atom is 0.326 e. The van der Waals surface area contributed by atoms with Crippen LogP contribution in [0.25, 0.3) is 21.8 Å². The Kier molecular flexibility index (Phi) is 10.5. The quantitative estimate of drug-likeness (QED) is 0.0834. The van der Waals surface area contributed by atoms with E-state index in [4.69, 9.17) is 5.73 Å². The van der Waals surface area contributed by atoms with Crippen LogP contribution in [0, 0.1) is 0 Å². The molecule has 9 N–H and O–H groups in total. The van der Waals surface area contributed by atoms with Gasteiger partial charge in [-0.2, -0.15) is 0 Å². The molecule has 0 aliphatic carbocycles. The summed E-state index contributed by atoms with van der Waals surface area (Å²) in [4.78, 5) is 70.6. The lowest BCUT2D eigenvalue weighted by Gasteiger charge is -2.25. The molecule has 0 spiro atoms. The number of H-pyrrole nitrogens is 2. The molecule has 5 aromatic rings. The minimum atomic E-state index is -1.57. The van der Waals surface area contributed by atoms with Crippen LogP contribution in [0.4, 0.5) is 0 Å². The Morgan fingerprint density at radius 1 is 0.604 bits per heavy atom. The number of benzene rings is 3. The summed E-state index contributed by atoms with van der Waals surface area (Å²) in [5, 5.41) is 28.7. The van der Waals surface area contributed by atoms with Gasteiger partial charge in [0.1, 0.15) is 18.1 Å². The third-order valence-corrected chi connectivity index (χ3v) is 8.09. The first-order chi connectivity index (χ1) is 23.1. The molecule has 0 aliphatic heterocycles. The fourth-order valence-corrected chi connectivity index (χ4v) is 5.62. The van der Waals surface area contributed by atoms with E-state index in [0.717, 1.165) is 27.4 Å². The molecule has 2 heterocycles. The summed E-state index contributed by atoms with van der Waals surface area (Å²) in [7, 11) is 0. The van der Waals surface area contributed by atoms with Crippen molar-refractivity contribution in [2.75, 3.05) is 0 Å². The van der Waals surface area contributed by atoms with Crippen LogP contribution in [0.15, 0.2) is 91.3 Å². The van der Waals surface area contributed by atoms with Gasteiger partial charge in [-0.25, -0.2) is 4.79 Å². The smallest absolute Gasteiger partial charge is 0.326 e. The maximum absolute atomic E-state index is 13.8. The van der Waals surface area contributed by atoms with Crippen molar-refractivity contribution in [2.24, 2.45) is 5.73 Å². The van der Waals surface area contributed by atoms with Crippen molar-refractivity contribution in [3.63, 3.8) is 0 Å². The Labute approximate surface area is 274 Å². The van der Waals surface area contributed by atoms with Crippen LogP contribution in [0.5, 0.6) is 0 Å². The number of carbonyl (C=O) groups excluding carboxylic acids is 3. The number of carboxylic acid groups (broad SMARTS) is 2. The Morgan fingerprint density at radius 3 is 1.65 bits per heavy atom. The number of hydrogen-bond acceptors (Lipinski definition) is 6. The molecule has 2 aromatic heterocycles. The van der Waals surface area contributed by atoms with Crippen molar-refractivity contribution in [1.29, 1.82) is 0 Å². The second kappa shape index (κ2) is 15.1. The van der Waals surface area contributed by atoms with Crippen molar-refractivity contribution in [3.8, 4) is 0 Å². The number of hydrogen-bond donors (Lipinski definition) is 8. The molecule has 0 aliphatic rings. The first-order valence-electron chi connectivity index (χ1n) is 15.3. The molecule has 248 valence electrons. The minimum absolute atomic E-state index is 0.0458. The molecular formula is C35H36N6O7. The molecule has 3 amide bonds. The lowest BCUT2D eigenvalue weighted by molar-refractivity contribution is -0.143. The van der Waals surface area contributed by atoms with E-state index < -0.39 is 60.2 Å². The predicted octanol–water partition coefficient (Wildman–Crippen LogP) is 2.02. The Morgan fingerprint density at radius 2 is 1.08 bits per heavy atom. The third kappa shape index (κ3) is 8.25. The van der Waals surface area contributed by atoms with Gasteiger partial charge in [-0.3, -0.25) is 19.2 Å². The molecule has 5 rings (SSSR count). The van der Waals surface area contributed by atoms with Crippen molar-refractivity contribution >= 4 is 51.5 Å². The SMILES string of the molecule is NC(Cc1ccccc1)C(=O)NC(CC(=O)O)C(=O)NC(Cc1c[nH]c2ccccc12)C(=O)NC(Cc1c[nH]c2ccccc12)C(=O)O. The molecule has 13 nitrogen and oxygen atoms in total.